The van der Waals surface area contributed by atoms with Crippen molar-refractivity contribution in [3.63, 3.8) is 0 Å². The molecule has 0 unspecified atom stereocenters. The minimum Gasteiger partial charge on any atom is -0.356 e. The first-order chi connectivity index (χ1) is 7.25. The topological polar surface area (TPSA) is 64.6 Å². The molecule has 0 atom stereocenters. The molecule has 0 bridgehead atoms. The minimum atomic E-state index is -2.93. The number of hydrogen-bond acceptors (Lipinski definition) is 4. The summed E-state index contributed by atoms with van der Waals surface area (Å²) in [6, 6.07) is 0. The van der Waals surface area contributed by atoms with Gasteiger partial charge in [0, 0.05) is 26.2 Å². The Morgan fingerprint density at radius 1 is 1.25 bits per heavy atom. The fourth-order valence-electron chi connectivity index (χ4n) is 0.997. The molecule has 6 heteroatoms. The molecule has 5 nitrogen and oxygen atoms in total. The minimum absolute atomic E-state index is 0.0165. The van der Waals surface area contributed by atoms with Crippen molar-refractivity contribution in [3.05, 3.63) is 0 Å². The Balaban J connectivity index is 3.86. The Hall–Kier alpha value is -0.380. The lowest BCUT2D eigenvalue weighted by Gasteiger charge is -2.18. The molecular weight excluding hydrogens is 229 g/mol. The van der Waals surface area contributed by atoms with Crippen molar-refractivity contribution in [1.29, 1.82) is 0 Å². The molecule has 0 spiro atoms. The Morgan fingerprint density at radius 3 is 2.12 bits per heavy atom. The van der Waals surface area contributed by atoms with Crippen molar-refractivity contribution in [1.82, 2.24) is 5.32 Å². The molecule has 0 saturated carbocycles. The van der Waals surface area contributed by atoms with Crippen molar-refractivity contribution in [2.45, 2.75) is 27.2 Å². The summed E-state index contributed by atoms with van der Waals surface area (Å²) >= 11 is 0. The molecule has 0 aliphatic heterocycles. The molecular formula is C10H22NO4P. The van der Waals surface area contributed by atoms with Gasteiger partial charge in [-0.3, -0.25) is 9.36 Å². The standard InChI is InChI=1S/C10H22NO4P/c1-10(2,3)9(12)11-7-6-8-16(13,14-4)15-5/h6-8H2,1-5H3,(H,11,12). The molecule has 0 aromatic rings. The summed E-state index contributed by atoms with van der Waals surface area (Å²) in [5.74, 6) is -0.0165. The van der Waals surface area contributed by atoms with Crippen molar-refractivity contribution >= 4 is 13.5 Å². The van der Waals surface area contributed by atoms with Gasteiger partial charge in [0.25, 0.3) is 0 Å². The van der Waals surface area contributed by atoms with Crippen LogP contribution in [-0.2, 0) is 18.4 Å². The first kappa shape index (κ1) is 15.6. The van der Waals surface area contributed by atoms with Crippen LogP contribution >= 0.6 is 7.60 Å². The number of nitrogens with one attached hydrogen (secondary N) is 1. The van der Waals surface area contributed by atoms with E-state index in [0.29, 0.717) is 19.1 Å². The van der Waals surface area contributed by atoms with Gasteiger partial charge in [-0.05, 0) is 6.42 Å². The maximum atomic E-state index is 11.6. The first-order valence-electron chi connectivity index (χ1n) is 5.24. The number of amides is 1. The first-order valence-corrected chi connectivity index (χ1v) is 6.97. The predicted octanol–water partition coefficient (Wildman–Crippen LogP) is 2.02. The molecule has 0 aliphatic rings. The maximum absolute atomic E-state index is 11.6. The van der Waals surface area contributed by atoms with Crippen LogP contribution in [0.1, 0.15) is 27.2 Å². The average molecular weight is 251 g/mol. The Kier molecular flexibility index (Phi) is 6.23. The Morgan fingerprint density at radius 2 is 1.75 bits per heavy atom. The van der Waals surface area contributed by atoms with Crippen molar-refractivity contribution in [2.75, 3.05) is 26.9 Å². The monoisotopic (exact) mass is 251 g/mol. The third kappa shape index (κ3) is 5.64. The van der Waals surface area contributed by atoms with Gasteiger partial charge in [-0.2, -0.15) is 0 Å². The second-order valence-corrected chi connectivity index (χ2v) is 6.96. The van der Waals surface area contributed by atoms with Crippen LogP contribution in [0.4, 0.5) is 0 Å². The Bertz CT molecular complexity index is 264. The molecule has 96 valence electrons. The molecule has 0 rings (SSSR count). The van der Waals surface area contributed by atoms with Gasteiger partial charge in [0.05, 0.1) is 6.16 Å². The highest BCUT2D eigenvalue weighted by Crippen LogP contribution is 2.46. The normalized spacial score (nSPS) is 12.6. The molecule has 0 heterocycles. The summed E-state index contributed by atoms with van der Waals surface area (Å²) in [6.07, 6.45) is 0.880. The molecule has 0 aromatic heterocycles. The van der Waals surface area contributed by atoms with E-state index in [1.807, 2.05) is 20.8 Å². The van der Waals surface area contributed by atoms with Gasteiger partial charge in [-0.15, -0.1) is 0 Å². The third-order valence-electron chi connectivity index (χ3n) is 2.13. The zero-order valence-electron chi connectivity index (χ0n) is 10.7. The van der Waals surface area contributed by atoms with E-state index >= 15 is 0 Å². The maximum Gasteiger partial charge on any atom is 0.330 e. The smallest absolute Gasteiger partial charge is 0.330 e. The summed E-state index contributed by atoms with van der Waals surface area (Å²) in [7, 11) is -0.215. The summed E-state index contributed by atoms with van der Waals surface area (Å²) < 4.78 is 21.2. The fraction of sp³-hybridized carbons (Fsp3) is 0.900. The van der Waals surface area contributed by atoms with Crippen LogP contribution < -0.4 is 5.32 Å². The summed E-state index contributed by atoms with van der Waals surface area (Å²) in [5, 5.41) is 2.77. The van der Waals surface area contributed by atoms with Crippen molar-refractivity contribution in [2.24, 2.45) is 5.41 Å². The molecule has 1 N–H and O–H groups in total. The molecule has 0 aromatic carbocycles. The van der Waals surface area contributed by atoms with E-state index < -0.39 is 13.0 Å². The van der Waals surface area contributed by atoms with E-state index in [1.54, 1.807) is 0 Å². The van der Waals surface area contributed by atoms with Gasteiger partial charge >= 0.3 is 7.60 Å². The zero-order valence-corrected chi connectivity index (χ0v) is 11.6. The lowest BCUT2D eigenvalue weighted by molar-refractivity contribution is -0.128. The third-order valence-corrected chi connectivity index (χ3v) is 4.11. The number of rotatable bonds is 6. The highest BCUT2D eigenvalue weighted by molar-refractivity contribution is 7.53. The fourth-order valence-corrected chi connectivity index (χ4v) is 2.06. The highest BCUT2D eigenvalue weighted by atomic mass is 31.2. The van der Waals surface area contributed by atoms with Crippen LogP contribution in [0, 0.1) is 5.41 Å². The zero-order chi connectivity index (χ0) is 12.8. The van der Waals surface area contributed by atoms with E-state index in [0.717, 1.165) is 0 Å². The lowest BCUT2D eigenvalue weighted by atomic mass is 9.96. The van der Waals surface area contributed by atoms with E-state index in [1.165, 1.54) is 14.2 Å². The van der Waals surface area contributed by atoms with Gasteiger partial charge in [0.2, 0.25) is 5.91 Å². The lowest BCUT2D eigenvalue weighted by Crippen LogP contribution is -2.35. The summed E-state index contributed by atoms with van der Waals surface area (Å²) in [5.41, 5.74) is -0.397. The number of carbonyl (C=O) groups is 1. The van der Waals surface area contributed by atoms with E-state index in [-0.39, 0.29) is 5.91 Å². The Labute approximate surface area is 97.4 Å². The van der Waals surface area contributed by atoms with Crippen molar-refractivity contribution < 1.29 is 18.4 Å². The van der Waals surface area contributed by atoms with Gasteiger partial charge in [0.15, 0.2) is 0 Å². The summed E-state index contributed by atoms with van der Waals surface area (Å²) in [4.78, 5) is 11.5. The van der Waals surface area contributed by atoms with Crippen LogP contribution in [0.15, 0.2) is 0 Å². The van der Waals surface area contributed by atoms with Gasteiger partial charge in [-0.1, -0.05) is 20.8 Å². The SMILES string of the molecule is COP(=O)(CCCNC(=O)C(C)(C)C)OC. The van der Waals surface area contributed by atoms with Crippen LogP contribution in [0.3, 0.4) is 0 Å². The predicted molar refractivity (Wildman–Crippen MR) is 63.6 cm³/mol. The molecule has 0 fully saturated rings. The van der Waals surface area contributed by atoms with Gasteiger partial charge < -0.3 is 14.4 Å². The number of carbonyl (C=O) groups excluding carboxylic acids is 1. The molecule has 0 saturated heterocycles. The van der Waals surface area contributed by atoms with Crippen LogP contribution in [0.25, 0.3) is 0 Å². The molecule has 0 aliphatic carbocycles. The number of hydrogen-bond donors (Lipinski definition) is 1. The average Bonchev–Trinajstić information content (AvgIpc) is 2.22. The van der Waals surface area contributed by atoms with E-state index in [4.69, 9.17) is 9.05 Å². The van der Waals surface area contributed by atoms with Crippen LogP contribution in [-0.4, -0.2) is 32.8 Å². The van der Waals surface area contributed by atoms with E-state index in [9.17, 15) is 9.36 Å². The van der Waals surface area contributed by atoms with Crippen molar-refractivity contribution in [3.8, 4) is 0 Å². The molecule has 0 radical (unpaired) electrons. The van der Waals surface area contributed by atoms with Crippen LogP contribution in [0.2, 0.25) is 0 Å². The molecule has 16 heavy (non-hydrogen) atoms. The highest BCUT2D eigenvalue weighted by Gasteiger charge is 2.22. The quantitative estimate of drug-likeness (QED) is 0.579. The second kappa shape index (κ2) is 6.38. The van der Waals surface area contributed by atoms with E-state index in [2.05, 4.69) is 5.32 Å². The largest absolute Gasteiger partial charge is 0.356 e. The van der Waals surface area contributed by atoms with Gasteiger partial charge in [-0.25, -0.2) is 0 Å². The second-order valence-electron chi connectivity index (χ2n) is 4.56. The van der Waals surface area contributed by atoms with Crippen LogP contribution in [0.5, 0.6) is 0 Å². The molecule has 1 amide bonds. The summed E-state index contributed by atoms with van der Waals surface area (Å²) in [6.45, 7) is 6.01. The van der Waals surface area contributed by atoms with Gasteiger partial charge in [0.1, 0.15) is 0 Å².